The number of rotatable bonds is 6. The summed E-state index contributed by atoms with van der Waals surface area (Å²) in [6.07, 6.45) is 1.83. The molecular weight excluding hydrogens is 506 g/mol. The summed E-state index contributed by atoms with van der Waals surface area (Å²) in [7, 11) is -6.43. The molecule has 2 aliphatic rings. The zero-order valence-electron chi connectivity index (χ0n) is 20.6. The number of hydrogen-bond donors (Lipinski definition) is 0. The standard InChI is InChI=1S/C29H30O6P2/c30-36(15-13-23-9-11-25-5-1-3-7-27(25)17-23)32-19-29(20-33-36)21-34-37(31,35-22-29)16-14-24-10-12-26-6-2-4-8-28(26)18-24/h1-12,17-18H,13-16,19-22H2. The molecule has 0 bridgehead atoms. The lowest BCUT2D eigenvalue weighted by molar-refractivity contribution is -0.0683. The van der Waals surface area contributed by atoms with Crippen LogP contribution in [-0.2, 0) is 40.1 Å². The van der Waals surface area contributed by atoms with Gasteiger partial charge in [0, 0.05) is 0 Å². The van der Waals surface area contributed by atoms with Gasteiger partial charge in [0.05, 0.1) is 44.2 Å². The van der Waals surface area contributed by atoms with Crippen LogP contribution in [0.3, 0.4) is 0 Å². The highest BCUT2D eigenvalue weighted by Gasteiger charge is 2.48. The molecule has 2 fully saturated rings. The third kappa shape index (κ3) is 5.61. The molecule has 0 saturated carbocycles. The van der Waals surface area contributed by atoms with E-state index in [1.807, 2.05) is 24.3 Å². The summed E-state index contributed by atoms with van der Waals surface area (Å²) in [6.45, 7) is 0.804. The second-order valence-electron chi connectivity index (χ2n) is 10.1. The molecule has 192 valence electrons. The zero-order valence-corrected chi connectivity index (χ0v) is 22.4. The van der Waals surface area contributed by atoms with Crippen molar-refractivity contribution in [3.05, 3.63) is 96.1 Å². The van der Waals surface area contributed by atoms with Gasteiger partial charge in [-0.25, -0.2) is 0 Å². The van der Waals surface area contributed by atoms with Crippen LogP contribution in [0.25, 0.3) is 21.5 Å². The van der Waals surface area contributed by atoms with Gasteiger partial charge in [-0.3, -0.25) is 9.13 Å². The summed E-state index contributed by atoms with van der Waals surface area (Å²) in [5.41, 5.74) is 1.60. The molecule has 2 saturated heterocycles. The van der Waals surface area contributed by atoms with E-state index in [0.29, 0.717) is 25.2 Å². The van der Waals surface area contributed by atoms with Crippen LogP contribution in [-0.4, -0.2) is 38.8 Å². The van der Waals surface area contributed by atoms with Crippen molar-refractivity contribution in [1.29, 1.82) is 0 Å². The van der Waals surface area contributed by atoms with E-state index in [1.165, 1.54) is 10.8 Å². The third-order valence-corrected chi connectivity index (χ3v) is 10.9. The molecule has 6 nitrogen and oxygen atoms in total. The molecule has 0 aromatic heterocycles. The van der Waals surface area contributed by atoms with Crippen LogP contribution in [0.5, 0.6) is 0 Å². The van der Waals surface area contributed by atoms with Crippen LogP contribution in [0.1, 0.15) is 11.1 Å². The van der Waals surface area contributed by atoms with Crippen molar-refractivity contribution in [2.45, 2.75) is 12.8 Å². The van der Waals surface area contributed by atoms with Gasteiger partial charge in [0.1, 0.15) is 0 Å². The third-order valence-electron chi connectivity index (χ3n) is 7.25. The van der Waals surface area contributed by atoms with Crippen molar-refractivity contribution in [1.82, 2.24) is 0 Å². The Labute approximate surface area is 217 Å². The van der Waals surface area contributed by atoms with Crippen LogP contribution in [0.2, 0.25) is 0 Å². The molecule has 37 heavy (non-hydrogen) atoms. The summed E-state index contributed by atoms with van der Waals surface area (Å²) in [4.78, 5) is 0. The Kier molecular flexibility index (Phi) is 6.83. The van der Waals surface area contributed by atoms with Crippen LogP contribution < -0.4 is 0 Å². The Morgan fingerprint density at radius 2 is 0.919 bits per heavy atom. The van der Waals surface area contributed by atoms with Crippen molar-refractivity contribution in [3.63, 3.8) is 0 Å². The van der Waals surface area contributed by atoms with E-state index in [0.717, 1.165) is 21.9 Å². The summed E-state index contributed by atoms with van der Waals surface area (Å²) in [5, 5.41) is 4.67. The van der Waals surface area contributed by atoms with Crippen molar-refractivity contribution >= 4 is 36.7 Å². The quantitative estimate of drug-likeness (QED) is 0.242. The SMILES string of the molecule is O=P1(CCc2ccc3ccccc3c2)OCC2(CO1)COP(=O)(CCc1ccc3ccccc3c1)OC2. The number of aryl methyl sites for hydroxylation is 2. The van der Waals surface area contributed by atoms with Crippen LogP contribution in [0.4, 0.5) is 0 Å². The maximum absolute atomic E-state index is 13.2. The molecule has 0 amide bonds. The molecular formula is C29H30O6P2. The molecule has 0 aliphatic carbocycles. The minimum atomic E-state index is -3.22. The van der Waals surface area contributed by atoms with E-state index >= 15 is 0 Å². The molecule has 4 aromatic carbocycles. The first-order valence-corrected chi connectivity index (χ1v) is 16.1. The van der Waals surface area contributed by atoms with Gasteiger partial charge in [-0.1, -0.05) is 84.9 Å². The van der Waals surface area contributed by atoms with Gasteiger partial charge in [-0.15, -0.1) is 0 Å². The summed E-state index contributed by atoms with van der Waals surface area (Å²) in [5.74, 6) is 0. The van der Waals surface area contributed by atoms with Gasteiger partial charge in [0.2, 0.25) is 0 Å². The molecule has 1 spiro atoms. The predicted molar refractivity (Wildman–Crippen MR) is 146 cm³/mol. The lowest BCUT2D eigenvalue weighted by Gasteiger charge is -2.43. The Morgan fingerprint density at radius 3 is 1.32 bits per heavy atom. The second kappa shape index (κ2) is 10.1. The molecule has 0 N–H and O–H groups in total. The van der Waals surface area contributed by atoms with Crippen molar-refractivity contribution < 1.29 is 27.2 Å². The molecule has 6 rings (SSSR count). The lowest BCUT2D eigenvalue weighted by Crippen LogP contribution is -2.46. The van der Waals surface area contributed by atoms with E-state index in [-0.39, 0.29) is 26.4 Å². The molecule has 0 atom stereocenters. The first-order chi connectivity index (χ1) is 17.9. The highest BCUT2D eigenvalue weighted by atomic mass is 31.2. The Morgan fingerprint density at radius 1 is 0.541 bits per heavy atom. The van der Waals surface area contributed by atoms with E-state index in [9.17, 15) is 9.13 Å². The number of hydrogen-bond acceptors (Lipinski definition) is 6. The number of fused-ring (bicyclic) bond motifs is 2. The molecule has 8 heteroatoms. The van der Waals surface area contributed by atoms with Crippen molar-refractivity contribution in [2.75, 3.05) is 38.8 Å². The van der Waals surface area contributed by atoms with Gasteiger partial charge in [-0.2, -0.15) is 0 Å². The van der Waals surface area contributed by atoms with Crippen LogP contribution >= 0.6 is 15.2 Å². The minimum absolute atomic E-state index is 0.201. The van der Waals surface area contributed by atoms with Crippen molar-refractivity contribution in [2.24, 2.45) is 5.41 Å². The molecule has 2 aliphatic heterocycles. The summed E-state index contributed by atoms with van der Waals surface area (Å²) < 4.78 is 49.6. The van der Waals surface area contributed by atoms with Crippen molar-refractivity contribution in [3.8, 4) is 0 Å². The highest BCUT2D eigenvalue weighted by molar-refractivity contribution is 7.54. The highest BCUT2D eigenvalue weighted by Crippen LogP contribution is 2.59. The second-order valence-corrected chi connectivity index (χ2v) is 14.5. The predicted octanol–water partition coefficient (Wildman–Crippen LogP) is 7.24. The average Bonchev–Trinajstić information content (AvgIpc) is 2.94. The Hall–Kier alpha value is -2.30. The van der Waals surface area contributed by atoms with Gasteiger partial charge in [0.15, 0.2) is 0 Å². The first-order valence-electron chi connectivity index (χ1n) is 12.6. The van der Waals surface area contributed by atoms with Gasteiger partial charge < -0.3 is 18.1 Å². The van der Waals surface area contributed by atoms with Crippen LogP contribution in [0, 0.1) is 5.41 Å². The van der Waals surface area contributed by atoms with E-state index in [4.69, 9.17) is 18.1 Å². The van der Waals surface area contributed by atoms with E-state index in [2.05, 4.69) is 60.7 Å². The maximum atomic E-state index is 13.2. The Bertz CT molecular complexity index is 1390. The lowest BCUT2D eigenvalue weighted by atomic mass is 9.93. The van der Waals surface area contributed by atoms with Gasteiger partial charge in [-0.05, 0) is 45.5 Å². The fourth-order valence-corrected chi connectivity index (χ4v) is 8.46. The minimum Gasteiger partial charge on any atom is -0.308 e. The average molecular weight is 537 g/mol. The molecule has 2 heterocycles. The van der Waals surface area contributed by atoms with Gasteiger partial charge >= 0.3 is 15.2 Å². The summed E-state index contributed by atoms with van der Waals surface area (Å²) in [6, 6.07) is 28.8. The normalized spacial score (nSPS) is 28.1. The number of benzene rings is 4. The van der Waals surface area contributed by atoms with Gasteiger partial charge in [0.25, 0.3) is 0 Å². The fourth-order valence-electron chi connectivity index (χ4n) is 4.84. The molecule has 0 unspecified atom stereocenters. The van der Waals surface area contributed by atoms with E-state index < -0.39 is 20.6 Å². The molecule has 0 radical (unpaired) electrons. The Balaban J connectivity index is 1.01. The fraction of sp³-hybridized carbons (Fsp3) is 0.310. The monoisotopic (exact) mass is 536 g/mol. The zero-order chi connectivity index (χ0) is 25.3. The largest absolute Gasteiger partial charge is 0.331 e. The summed E-state index contributed by atoms with van der Waals surface area (Å²) >= 11 is 0. The maximum Gasteiger partial charge on any atom is 0.331 e. The first kappa shape index (κ1) is 25.0. The van der Waals surface area contributed by atoms with E-state index in [1.54, 1.807) is 0 Å². The molecule has 4 aromatic rings. The van der Waals surface area contributed by atoms with Crippen LogP contribution in [0.15, 0.2) is 84.9 Å². The topological polar surface area (TPSA) is 71.1 Å². The smallest absolute Gasteiger partial charge is 0.308 e.